The number of halogens is 2. The monoisotopic (exact) mass is 379 g/mol. The van der Waals surface area contributed by atoms with Gasteiger partial charge in [0.25, 0.3) is 5.91 Å². The standard InChI is InChI=1S/C17H17Cl2N4O2/c18-13-7-12(16(20)24)15(11-1-4-21-9-14(11)19)23-17(13)22-8-10-2-5-25-6-3-10/h1,7,9-10H,2-3,5-6,8H2,(H2,20,24)(H,22,23). The van der Waals surface area contributed by atoms with Crippen molar-refractivity contribution >= 4 is 34.9 Å². The highest BCUT2D eigenvalue weighted by atomic mass is 35.5. The molecule has 0 spiro atoms. The molecule has 0 atom stereocenters. The van der Waals surface area contributed by atoms with E-state index in [1.807, 2.05) is 0 Å². The fourth-order valence-electron chi connectivity index (χ4n) is 2.71. The Morgan fingerprint density at radius 1 is 1.36 bits per heavy atom. The van der Waals surface area contributed by atoms with Crippen molar-refractivity contribution in [3.8, 4) is 11.3 Å². The molecule has 1 saturated heterocycles. The zero-order valence-electron chi connectivity index (χ0n) is 13.4. The normalized spacial score (nSPS) is 15.1. The average molecular weight is 380 g/mol. The van der Waals surface area contributed by atoms with Crippen molar-refractivity contribution in [3.63, 3.8) is 0 Å². The van der Waals surface area contributed by atoms with Crippen LogP contribution < -0.4 is 11.1 Å². The van der Waals surface area contributed by atoms with E-state index in [4.69, 9.17) is 33.7 Å². The van der Waals surface area contributed by atoms with Crippen LogP contribution in [0.1, 0.15) is 23.2 Å². The van der Waals surface area contributed by atoms with Gasteiger partial charge in [-0.1, -0.05) is 23.2 Å². The summed E-state index contributed by atoms with van der Waals surface area (Å²) in [6.45, 7) is 2.26. The zero-order chi connectivity index (χ0) is 17.8. The first-order valence-electron chi connectivity index (χ1n) is 7.90. The minimum Gasteiger partial charge on any atom is -0.381 e. The summed E-state index contributed by atoms with van der Waals surface area (Å²) in [5, 5.41) is 3.94. The summed E-state index contributed by atoms with van der Waals surface area (Å²) in [5.74, 6) is 0.345. The van der Waals surface area contributed by atoms with Gasteiger partial charge >= 0.3 is 0 Å². The van der Waals surface area contributed by atoms with E-state index in [-0.39, 0.29) is 5.56 Å². The molecule has 2 aromatic rings. The second-order valence-corrected chi connectivity index (χ2v) is 6.62. The van der Waals surface area contributed by atoms with Gasteiger partial charge in [-0.2, -0.15) is 0 Å². The lowest BCUT2D eigenvalue weighted by Gasteiger charge is -2.23. The summed E-state index contributed by atoms with van der Waals surface area (Å²) in [4.78, 5) is 20.1. The molecule has 3 rings (SSSR count). The quantitative estimate of drug-likeness (QED) is 0.832. The molecule has 1 amide bonds. The van der Waals surface area contributed by atoms with Gasteiger partial charge in [-0.15, -0.1) is 0 Å². The Morgan fingerprint density at radius 2 is 2.12 bits per heavy atom. The molecule has 1 fully saturated rings. The number of rotatable bonds is 5. The Morgan fingerprint density at radius 3 is 2.80 bits per heavy atom. The molecule has 6 nitrogen and oxygen atoms in total. The van der Waals surface area contributed by atoms with Gasteiger partial charge in [0.2, 0.25) is 0 Å². The third-order valence-electron chi connectivity index (χ3n) is 4.11. The smallest absolute Gasteiger partial charge is 0.250 e. The minimum atomic E-state index is -0.631. The van der Waals surface area contributed by atoms with E-state index < -0.39 is 5.91 Å². The molecule has 3 N–H and O–H groups in total. The Balaban J connectivity index is 1.93. The molecular weight excluding hydrogens is 363 g/mol. The van der Waals surface area contributed by atoms with Crippen molar-refractivity contribution in [2.24, 2.45) is 11.7 Å². The van der Waals surface area contributed by atoms with Crippen molar-refractivity contribution in [3.05, 3.63) is 40.1 Å². The number of anilines is 1. The molecule has 0 unspecified atom stereocenters. The molecule has 1 radical (unpaired) electrons. The summed E-state index contributed by atoms with van der Waals surface area (Å²) in [6, 6.07) is 3.07. The highest BCUT2D eigenvalue weighted by Crippen LogP contribution is 2.32. The van der Waals surface area contributed by atoms with Crippen molar-refractivity contribution in [1.82, 2.24) is 9.97 Å². The molecule has 0 saturated carbocycles. The summed E-state index contributed by atoms with van der Waals surface area (Å²) in [6.07, 6.45) is 6.10. The maximum absolute atomic E-state index is 11.8. The number of primary amides is 1. The van der Waals surface area contributed by atoms with Gasteiger partial charge in [0.05, 0.1) is 27.5 Å². The van der Waals surface area contributed by atoms with Crippen LogP contribution in [-0.2, 0) is 4.74 Å². The van der Waals surface area contributed by atoms with Gasteiger partial charge in [0.15, 0.2) is 0 Å². The van der Waals surface area contributed by atoms with E-state index in [9.17, 15) is 4.79 Å². The lowest BCUT2D eigenvalue weighted by atomic mass is 10.0. The Hall–Kier alpha value is -1.89. The number of hydrogen-bond acceptors (Lipinski definition) is 5. The first-order chi connectivity index (χ1) is 12.1. The van der Waals surface area contributed by atoms with Crippen LogP contribution in [0.2, 0.25) is 10.0 Å². The highest BCUT2D eigenvalue weighted by Gasteiger charge is 2.19. The van der Waals surface area contributed by atoms with Gasteiger partial charge in [-0.05, 0) is 30.9 Å². The summed E-state index contributed by atoms with van der Waals surface area (Å²) >= 11 is 12.5. The van der Waals surface area contributed by atoms with Gasteiger partial charge < -0.3 is 15.8 Å². The second kappa shape index (κ2) is 7.99. The van der Waals surface area contributed by atoms with Gasteiger partial charge in [0.1, 0.15) is 5.82 Å². The largest absolute Gasteiger partial charge is 0.381 e. The van der Waals surface area contributed by atoms with E-state index in [1.165, 1.54) is 12.3 Å². The Bertz CT molecular complexity index is 779. The lowest BCUT2D eigenvalue weighted by molar-refractivity contribution is 0.0699. The molecule has 3 heterocycles. The lowest BCUT2D eigenvalue weighted by Crippen LogP contribution is -2.23. The van der Waals surface area contributed by atoms with E-state index in [1.54, 1.807) is 6.07 Å². The predicted octanol–water partition coefficient (Wildman–Crippen LogP) is 3.19. The highest BCUT2D eigenvalue weighted by molar-refractivity contribution is 6.34. The number of carbonyl (C=O) groups excluding carboxylic acids is 1. The Labute approximate surface area is 155 Å². The van der Waals surface area contributed by atoms with Gasteiger partial charge in [-0.3, -0.25) is 9.78 Å². The van der Waals surface area contributed by atoms with Crippen LogP contribution in [-0.4, -0.2) is 35.6 Å². The summed E-state index contributed by atoms with van der Waals surface area (Å²) < 4.78 is 5.36. The third-order valence-corrected chi connectivity index (χ3v) is 4.70. The van der Waals surface area contributed by atoms with Crippen molar-refractivity contribution in [1.29, 1.82) is 0 Å². The molecule has 131 valence electrons. The number of aromatic nitrogens is 2. The third kappa shape index (κ3) is 4.21. The molecular formula is C17H17Cl2N4O2. The first-order valence-corrected chi connectivity index (χ1v) is 8.65. The average Bonchev–Trinajstić information content (AvgIpc) is 2.62. The molecule has 2 aromatic heterocycles. The van der Waals surface area contributed by atoms with Crippen LogP contribution in [0.4, 0.5) is 5.82 Å². The fraction of sp³-hybridized carbons (Fsp3) is 0.353. The van der Waals surface area contributed by atoms with Crippen LogP contribution in [0.3, 0.4) is 0 Å². The van der Waals surface area contributed by atoms with Crippen LogP contribution in [0.5, 0.6) is 0 Å². The van der Waals surface area contributed by atoms with Crippen LogP contribution in [0, 0.1) is 12.1 Å². The molecule has 0 aliphatic carbocycles. The molecule has 0 bridgehead atoms. The van der Waals surface area contributed by atoms with E-state index in [0.29, 0.717) is 33.0 Å². The number of nitrogens with one attached hydrogen (secondary N) is 1. The molecule has 25 heavy (non-hydrogen) atoms. The van der Waals surface area contributed by atoms with Crippen LogP contribution >= 0.6 is 23.2 Å². The minimum absolute atomic E-state index is 0.197. The van der Waals surface area contributed by atoms with Crippen molar-refractivity contribution < 1.29 is 9.53 Å². The maximum Gasteiger partial charge on any atom is 0.250 e. The summed E-state index contributed by atoms with van der Waals surface area (Å²) in [5.41, 5.74) is 6.55. The van der Waals surface area contributed by atoms with Gasteiger partial charge in [-0.25, -0.2) is 4.98 Å². The SMILES string of the molecule is NC(=O)c1cc(Cl)c(NCC2CCOCC2)nc1-c1c[c]ncc1Cl. The number of pyridine rings is 2. The first kappa shape index (κ1) is 17.9. The molecule has 8 heteroatoms. The van der Waals surface area contributed by atoms with E-state index in [0.717, 1.165) is 32.6 Å². The van der Waals surface area contributed by atoms with Crippen molar-refractivity contribution in [2.75, 3.05) is 25.1 Å². The number of carbonyl (C=O) groups is 1. The van der Waals surface area contributed by atoms with Crippen LogP contribution in [0.25, 0.3) is 11.3 Å². The number of hydrogen-bond donors (Lipinski definition) is 2. The van der Waals surface area contributed by atoms with Gasteiger partial charge in [0, 0.05) is 31.5 Å². The van der Waals surface area contributed by atoms with Crippen LogP contribution in [0.15, 0.2) is 18.3 Å². The van der Waals surface area contributed by atoms with Crippen molar-refractivity contribution in [2.45, 2.75) is 12.8 Å². The van der Waals surface area contributed by atoms with E-state index in [2.05, 4.69) is 21.5 Å². The summed E-state index contributed by atoms with van der Waals surface area (Å²) in [7, 11) is 0. The number of nitrogens with zero attached hydrogens (tertiary/aromatic N) is 2. The predicted molar refractivity (Wildman–Crippen MR) is 96.9 cm³/mol. The Kier molecular flexibility index (Phi) is 5.73. The zero-order valence-corrected chi connectivity index (χ0v) is 14.9. The topological polar surface area (TPSA) is 90.1 Å². The molecule has 1 aliphatic rings. The number of nitrogens with two attached hydrogens (primary N) is 1. The number of ether oxygens (including phenoxy) is 1. The number of amides is 1. The molecule has 0 aromatic carbocycles. The molecule has 1 aliphatic heterocycles. The maximum atomic E-state index is 11.8. The second-order valence-electron chi connectivity index (χ2n) is 5.81. The fourth-order valence-corrected chi connectivity index (χ4v) is 3.12. The van der Waals surface area contributed by atoms with E-state index >= 15 is 0 Å².